The Kier molecular flexibility index (Phi) is 5.31. The summed E-state index contributed by atoms with van der Waals surface area (Å²) in [4.78, 5) is 0. The lowest BCUT2D eigenvalue weighted by atomic mass is 10.0. The van der Waals surface area contributed by atoms with Crippen LogP contribution in [0.2, 0.25) is 0 Å². The number of nitrogens with zero attached hydrogens (tertiary/aromatic N) is 1. The monoisotopic (exact) mass is 449 g/mol. The van der Waals surface area contributed by atoms with Gasteiger partial charge in [-0.15, -0.1) is 0 Å². The van der Waals surface area contributed by atoms with E-state index in [1.165, 1.54) is 60.9 Å². The highest BCUT2D eigenvalue weighted by Crippen LogP contribution is 2.32. The summed E-state index contributed by atoms with van der Waals surface area (Å²) in [5.41, 5.74) is 11.1. The summed E-state index contributed by atoms with van der Waals surface area (Å²) in [6, 6.07) is 41.6. The molecule has 35 heavy (non-hydrogen) atoms. The number of hydrogen-bond acceptors (Lipinski definition) is 0. The predicted molar refractivity (Wildman–Crippen MR) is 151 cm³/mol. The van der Waals surface area contributed by atoms with Crippen molar-refractivity contribution in [3.63, 3.8) is 0 Å². The van der Waals surface area contributed by atoms with E-state index < -0.39 is 0 Å². The van der Waals surface area contributed by atoms with Crippen molar-refractivity contribution in [2.24, 2.45) is 0 Å². The van der Waals surface area contributed by atoms with Gasteiger partial charge < -0.3 is 4.57 Å². The Morgan fingerprint density at radius 3 is 1.54 bits per heavy atom. The average Bonchev–Trinajstić information content (AvgIpc) is 3.22. The number of rotatable bonds is 4. The van der Waals surface area contributed by atoms with Crippen LogP contribution in [-0.2, 0) is 0 Å². The Morgan fingerprint density at radius 1 is 0.486 bits per heavy atom. The SMILES string of the molecule is Cc1cc(C)cc(C=Cc2ccc(-c3ccc(-n4c5ccccc5c5ccccc54)cc3)cc2)c1. The molecular formula is C34H27N. The van der Waals surface area contributed by atoms with Crippen molar-refractivity contribution in [3.8, 4) is 16.8 Å². The Hall–Kier alpha value is -4.36. The summed E-state index contributed by atoms with van der Waals surface area (Å²) < 4.78 is 2.36. The summed E-state index contributed by atoms with van der Waals surface area (Å²) in [5, 5.41) is 2.58. The molecule has 6 rings (SSSR count). The highest BCUT2D eigenvalue weighted by Gasteiger charge is 2.11. The van der Waals surface area contributed by atoms with Crippen LogP contribution in [0.4, 0.5) is 0 Å². The zero-order chi connectivity index (χ0) is 23.8. The van der Waals surface area contributed by atoms with Crippen LogP contribution in [0.25, 0.3) is 50.8 Å². The van der Waals surface area contributed by atoms with Crippen LogP contribution in [0.15, 0.2) is 115 Å². The van der Waals surface area contributed by atoms with E-state index in [1.54, 1.807) is 0 Å². The first-order valence-electron chi connectivity index (χ1n) is 12.1. The first-order valence-corrected chi connectivity index (χ1v) is 12.1. The highest BCUT2D eigenvalue weighted by molar-refractivity contribution is 6.09. The first kappa shape index (κ1) is 21.2. The van der Waals surface area contributed by atoms with Crippen LogP contribution in [-0.4, -0.2) is 4.57 Å². The molecule has 0 amide bonds. The molecule has 0 fully saturated rings. The Bertz CT molecular complexity index is 1610. The molecule has 0 radical (unpaired) electrons. The van der Waals surface area contributed by atoms with Gasteiger partial charge in [-0.1, -0.05) is 114 Å². The van der Waals surface area contributed by atoms with Crippen molar-refractivity contribution < 1.29 is 0 Å². The summed E-state index contributed by atoms with van der Waals surface area (Å²) in [6.45, 7) is 4.29. The highest BCUT2D eigenvalue weighted by atomic mass is 15.0. The number of fused-ring (bicyclic) bond motifs is 3. The molecule has 0 aliphatic heterocycles. The van der Waals surface area contributed by atoms with Crippen molar-refractivity contribution in [1.82, 2.24) is 4.57 Å². The van der Waals surface area contributed by atoms with Gasteiger partial charge in [-0.3, -0.25) is 0 Å². The van der Waals surface area contributed by atoms with E-state index in [1.807, 2.05) is 0 Å². The fourth-order valence-electron chi connectivity index (χ4n) is 5.09. The maximum absolute atomic E-state index is 2.36. The summed E-state index contributed by atoms with van der Waals surface area (Å²) >= 11 is 0. The van der Waals surface area contributed by atoms with Crippen LogP contribution in [0.5, 0.6) is 0 Å². The molecule has 0 atom stereocenters. The molecule has 5 aromatic carbocycles. The lowest BCUT2D eigenvalue weighted by Gasteiger charge is -2.09. The van der Waals surface area contributed by atoms with Crippen molar-refractivity contribution >= 4 is 34.0 Å². The second kappa shape index (κ2) is 8.77. The van der Waals surface area contributed by atoms with Gasteiger partial charge in [-0.25, -0.2) is 0 Å². The van der Waals surface area contributed by atoms with E-state index in [0.717, 1.165) is 0 Å². The largest absolute Gasteiger partial charge is 0.309 e. The molecule has 168 valence electrons. The summed E-state index contributed by atoms with van der Waals surface area (Å²) in [7, 11) is 0. The molecule has 0 unspecified atom stereocenters. The van der Waals surface area contributed by atoms with Gasteiger partial charge in [0.1, 0.15) is 0 Å². The molecule has 1 nitrogen and oxygen atoms in total. The standard InChI is InChI=1S/C34H27N/c1-24-21-25(2)23-27(22-24)12-11-26-13-15-28(16-14-26)29-17-19-30(20-18-29)35-33-9-5-3-7-31(33)32-8-4-6-10-34(32)35/h3-23H,1-2H3. The van der Waals surface area contributed by atoms with E-state index in [0.29, 0.717) is 0 Å². The maximum Gasteiger partial charge on any atom is 0.0541 e. The molecule has 0 spiro atoms. The second-order valence-electron chi connectivity index (χ2n) is 9.29. The molecule has 0 aliphatic carbocycles. The zero-order valence-electron chi connectivity index (χ0n) is 20.1. The van der Waals surface area contributed by atoms with Gasteiger partial charge >= 0.3 is 0 Å². The molecule has 1 heteroatoms. The van der Waals surface area contributed by atoms with Gasteiger partial charge in [0.15, 0.2) is 0 Å². The maximum atomic E-state index is 2.36. The van der Waals surface area contributed by atoms with Gasteiger partial charge in [-0.2, -0.15) is 0 Å². The fourth-order valence-corrected chi connectivity index (χ4v) is 5.09. The van der Waals surface area contributed by atoms with Crippen LogP contribution < -0.4 is 0 Å². The summed E-state index contributed by atoms with van der Waals surface area (Å²) in [5.74, 6) is 0. The van der Waals surface area contributed by atoms with E-state index >= 15 is 0 Å². The van der Waals surface area contributed by atoms with Crippen molar-refractivity contribution in [2.75, 3.05) is 0 Å². The summed E-state index contributed by atoms with van der Waals surface area (Å²) in [6.07, 6.45) is 4.37. The molecule has 0 bridgehead atoms. The molecule has 0 saturated heterocycles. The number of aryl methyl sites for hydroxylation is 2. The van der Waals surface area contributed by atoms with Crippen LogP contribution in [0.3, 0.4) is 0 Å². The number of benzene rings is 5. The Morgan fingerprint density at radius 2 is 0.971 bits per heavy atom. The van der Waals surface area contributed by atoms with Gasteiger partial charge in [0.2, 0.25) is 0 Å². The molecule has 1 aromatic heterocycles. The smallest absolute Gasteiger partial charge is 0.0541 e. The minimum absolute atomic E-state index is 1.18. The first-order chi connectivity index (χ1) is 17.2. The molecule has 0 saturated carbocycles. The molecule has 1 heterocycles. The Balaban J connectivity index is 1.29. The number of hydrogen-bond donors (Lipinski definition) is 0. The third-order valence-corrected chi connectivity index (χ3v) is 6.66. The van der Waals surface area contributed by atoms with E-state index in [9.17, 15) is 0 Å². The van der Waals surface area contributed by atoms with Crippen molar-refractivity contribution in [2.45, 2.75) is 13.8 Å². The van der Waals surface area contributed by atoms with E-state index in [4.69, 9.17) is 0 Å². The van der Waals surface area contributed by atoms with Gasteiger partial charge in [0.25, 0.3) is 0 Å². The zero-order valence-corrected chi connectivity index (χ0v) is 20.1. The van der Waals surface area contributed by atoms with Crippen LogP contribution in [0, 0.1) is 13.8 Å². The average molecular weight is 450 g/mol. The quantitative estimate of drug-likeness (QED) is 0.236. The third-order valence-electron chi connectivity index (χ3n) is 6.66. The number of aromatic nitrogens is 1. The van der Waals surface area contributed by atoms with Crippen molar-refractivity contribution in [1.29, 1.82) is 0 Å². The molecular weight excluding hydrogens is 422 g/mol. The Labute approximate surface area is 206 Å². The normalized spacial score (nSPS) is 11.6. The third kappa shape index (κ3) is 4.06. The second-order valence-corrected chi connectivity index (χ2v) is 9.29. The minimum atomic E-state index is 1.18. The fraction of sp³-hybridized carbons (Fsp3) is 0.0588. The van der Waals surface area contributed by atoms with Crippen molar-refractivity contribution in [3.05, 3.63) is 138 Å². The van der Waals surface area contributed by atoms with Crippen LogP contribution in [0.1, 0.15) is 22.3 Å². The van der Waals surface area contributed by atoms with Gasteiger partial charge in [-0.05, 0) is 60.4 Å². The number of para-hydroxylation sites is 2. The lowest BCUT2D eigenvalue weighted by Crippen LogP contribution is -1.93. The molecule has 0 aliphatic rings. The van der Waals surface area contributed by atoms with Gasteiger partial charge in [0, 0.05) is 16.5 Å². The van der Waals surface area contributed by atoms with E-state index in [-0.39, 0.29) is 0 Å². The molecule has 6 aromatic rings. The predicted octanol–water partition coefficient (Wildman–Crippen LogP) is 9.24. The molecule has 0 N–H and O–H groups in total. The lowest BCUT2D eigenvalue weighted by molar-refractivity contribution is 1.18. The van der Waals surface area contributed by atoms with Gasteiger partial charge in [0.05, 0.1) is 11.0 Å². The van der Waals surface area contributed by atoms with E-state index in [2.05, 4.69) is 146 Å². The van der Waals surface area contributed by atoms with Crippen LogP contribution >= 0.6 is 0 Å². The topological polar surface area (TPSA) is 4.93 Å². The minimum Gasteiger partial charge on any atom is -0.309 e.